The van der Waals surface area contributed by atoms with E-state index < -0.39 is 32.7 Å². The molecule has 0 radical (unpaired) electrons. The van der Waals surface area contributed by atoms with Crippen LogP contribution in [-0.4, -0.2) is 44.1 Å². The highest BCUT2D eigenvalue weighted by Gasteiger charge is 2.41. The fraction of sp³-hybridized carbons (Fsp3) is 0.632. The number of hydrogen-bond acceptors (Lipinski definition) is 4. The van der Waals surface area contributed by atoms with E-state index in [-0.39, 0.29) is 68.0 Å². The second kappa shape index (κ2) is 8.41. The van der Waals surface area contributed by atoms with Gasteiger partial charge in [-0.15, -0.1) is 0 Å². The van der Waals surface area contributed by atoms with Crippen LogP contribution in [0.2, 0.25) is 0 Å². The maximum Gasteiger partial charge on any atom is 0.416 e. The molecule has 0 unspecified atom stereocenters. The average molecular weight is 454 g/mol. The number of hydrogen-bond donors (Lipinski definition) is 2. The highest BCUT2D eigenvalue weighted by atomic mass is 32.2. The summed E-state index contributed by atoms with van der Waals surface area (Å²) in [4.78, 5) is 11.6. The molecule has 2 aliphatic rings. The fourth-order valence-corrected chi connectivity index (χ4v) is 5.64. The molecule has 30 heavy (non-hydrogen) atoms. The second-order valence-corrected chi connectivity index (χ2v) is 10.2. The van der Waals surface area contributed by atoms with E-state index in [4.69, 9.17) is 0 Å². The van der Waals surface area contributed by atoms with Crippen molar-refractivity contribution in [3.63, 3.8) is 0 Å². The van der Waals surface area contributed by atoms with E-state index in [1.54, 1.807) is 0 Å². The van der Waals surface area contributed by atoms with E-state index >= 15 is 0 Å². The number of halogens is 5. The molecule has 0 aromatic heterocycles. The van der Waals surface area contributed by atoms with Crippen molar-refractivity contribution in [2.24, 2.45) is 0 Å². The monoisotopic (exact) mass is 454 g/mol. The van der Waals surface area contributed by atoms with Gasteiger partial charge in [0.15, 0.2) is 9.84 Å². The predicted octanol–water partition coefficient (Wildman–Crippen LogP) is 3.29. The van der Waals surface area contributed by atoms with Crippen molar-refractivity contribution in [3.8, 4) is 0 Å². The van der Waals surface area contributed by atoms with Gasteiger partial charge in [-0.25, -0.2) is 17.2 Å². The minimum atomic E-state index is -4.63. The van der Waals surface area contributed by atoms with Crippen LogP contribution in [-0.2, 0) is 20.8 Å². The van der Waals surface area contributed by atoms with Crippen LogP contribution in [0.25, 0.3) is 0 Å². The van der Waals surface area contributed by atoms with E-state index in [1.165, 1.54) is 0 Å². The molecule has 0 spiro atoms. The van der Waals surface area contributed by atoms with E-state index in [0.717, 1.165) is 18.2 Å². The Bertz CT molecular complexity index is 872. The first-order chi connectivity index (χ1) is 13.9. The standard InChI is InChI=1S/C19H23F5N2O3S/c20-18(21)6-4-13(5-7-18)26-17(27)11-25-14-9-16(10-14)30(28,29)15-3-1-2-12(8-15)19(22,23)24/h1-3,8,13-14,16,25H,4-7,9-11H2,(H,26,27)/t14-,16-. The first-order valence-electron chi connectivity index (χ1n) is 9.68. The normalized spacial score (nSPS) is 24.8. The molecule has 0 atom stereocenters. The van der Waals surface area contributed by atoms with Crippen molar-refractivity contribution in [2.75, 3.05) is 6.54 Å². The molecule has 5 nitrogen and oxygen atoms in total. The number of rotatable bonds is 6. The summed E-state index contributed by atoms with van der Waals surface area (Å²) < 4.78 is 89.8. The summed E-state index contributed by atoms with van der Waals surface area (Å²) in [6, 6.07) is 3.11. The minimum absolute atomic E-state index is 0.0755. The predicted molar refractivity (Wildman–Crippen MR) is 98.8 cm³/mol. The molecule has 2 aliphatic carbocycles. The molecule has 1 aromatic carbocycles. The molecular weight excluding hydrogens is 431 g/mol. The summed E-state index contributed by atoms with van der Waals surface area (Å²) in [5, 5.41) is 4.78. The number of carbonyl (C=O) groups is 1. The number of carbonyl (C=O) groups excluding carboxylic acids is 1. The molecule has 0 aliphatic heterocycles. The molecular formula is C19H23F5N2O3S. The number of nitrogens with one attached hydrogen (secondary N) is 2. The van der Waals surface area contributed by atoms with E-state index in [1.807, 2.05) is 0 Å². The number of amides is 1. The number of sulfone groups is 1. The van der Waals surface area contributed by atoms with Crippen molar-refractivity contribution in [1.82, 2.24) is 10.6 Å². The van der Waals surface area contributed by atoms with Crippen LogP contribution < -0.4 is 10.6 Å². The molecule has 168 valence electrons. The van der Waals surface area contributed by atoms with Gasteiger partial charge in [0.2, 0.25) is 11.8 Å². The quantitative estimate of drug-likeness (QED) is 0.647. The van der Waals surface area contributed by atoms with Crippen LogP contribution in [0.1, 0.15) is 44.1 Å². The molecule has 11 heteroatoms. The zero-order valence-corrected chi connectivity index (χ0v) is 16.8. The summed E-state index contributed by atoms with van der Waals surface area (Å²) in [6.07, 6.45) is -4.37. The van der Waals surface area contributed by atoms with Gasteiger partial charge in [0.1, 0.15) is 0 Å². The maximum absolute atomic E-state index is 13.1. The van der Waals surface area contributed by atoms with Crippen LogP contribution in [0.15, 0.2) is 29.2 Å². The van der Waals surface area contributed by atoms with E-state index in [0.29, 0.717) is 6.07 Å². The first kappa shape index (κ1) is 22.9. The third-order valence-electron chi connectivity index (χ3n) is 5.66. The summed E-state index contributed by atoms with van der Waals surface area (Å²) in [5.41, 5.74) is -1.02. The summed E-state index contributed by atoms with van der Waals surface area (Å²) in [5.74, 6) is -3.03. The Morgan fingerprint density at radius 2 is 1.73 bits per heavy atom. The number of alkyl halides is 5. The molecule has 2 fully saturated rings. The molecule has 0 saturated heterocycles. The Kier molecular flexibility index (Phi) is 6.43. The number of benzene rings is 1. The molecule has 3 rings (SSSR count). The lowest BCUT2D eigenvalue weighted by atomic mass is 9.92. The maximum atomic E-state index is 13.1. The van der Waals surface area contributed by atoms with Gasteiger partial charge in [0.05, 0.1) is 22.3 Å². The Balaban J connectivity index is 1.45. The zero-order chi connectivity index (χ0) is 22.2. The van der Waals surface area contributed by atoms with E-state index in [9.17, 15) is 35.2 Å². The highest BCUT2D eigenvalue weighted by Crippen LogP contribution is 2.35. The molecule has 0 bridgehead atoms. The van der Waals surface area contributed by atoms with Crippen LogP contribution in [0, 0.1) is 0 Å². The first-order valence-corrected chi connectivity index (χ1v) is 11.2. The van der Waals surface area contributed by atoms with Crippen LogP contribution >= 0.6 is 0 Å². The van der Waals surface area contributed by atoms with Crippen molar-refractivity contribution < 1.29 is 35.2 Å². The second-order valence-electron chi connectivity index (χ2n) is 7.94. The summed E-state index contributed by atoms with van der Waals surface area (Å²) in [6.45, 7) is -0.0755. The van der Waals surface area contributed by atoms with Crippen LogP contribution in [0.3, 0.4) is 0 Å². The van der Waals surface area contributed by atoms with Crippen molar-refractivity contribution in [3.05, 3.63) is 29.8 Å². The third-order valence-corrected chi connectivity index (χ3v) is 7.83. The third kappa shape index (κ3) is 5.48. The van der Waals surface area contributed by atoms with E-state index in [2.05, 4.69) is 10.6 Å². The SMILES string of the molecule is O=C(CN[C@H]1C[C@H](S(=O)(=O)c2cccc(C(F)(F)F)c2)C1)NC1CCC(F)(F)CC1. The largest absolute Gasteiger partial charge is 0.416 e. The van der Waals surface area contributed by atoms with Gasteiger partial charge < -0.3 is 10.6 Å². The minimum Gasteiger partial charge on any atom is -0.352 e. The molecule has 0 heterocycles. The lowest BCUT2D eigenvalue weighted by molar-refractivity contribution is -0.137. The highest BCUT2D eigenvalue weighted by molar-refractivity contribution is 7.92. The lowest BCUT2D eigenvalue weighted by Gasteiger charge is -2.35. The topological polar surface area (TPSA) is 75.3 Å². The van der Waals surface area contributed by atoms with Gasteiger partial charge in [-0.3, -0.25) is 4.79 Å². The zero-order valence-electron chi connectivity index (χ0n) is 16.0. The van der Waals surface area contributed by atoms with Crippen molar-refractivity contribution in [1.29, 1.82) is 0 Å². The molecule has 1 aromatic rings. The smallest absolute Gasteiger partial charge is 0.352 e. The van der Waals surface area contributed by atoms with Gasteiger partial charge in [-0.1, -0.05) is 6.07 Å². The van der Waals surface area contributed by atoms with Gasteiger partial charge in [0, 0.05) is 24.9 Å². The van der Waals surface area contributed by atoms with Gasteiger partial charge in [-0.2, -0.15) is 13.2 Å². The van der Waals surface area contributed by atoms with Gasteiger partial charge in [0.25, 0.3) is 0 Å². The average Bonchev–Trinajstić information content (AvgIpc) is 2.61. The molecule has 2 N–H and O–H groups in total. The Hall–Kier alpha value is -1.75. The van der Waals surface area contributed by atoms with Crippen molar-refractivity contribution in [2.45, 2.75) is 72.9 Å². The van der Waals surface area contributed by atoms with Crippen LogP contribution in [0.5, 0.6) is 0 Å². The Morgan fingerprint density at radius 3 is 2.33 bits per heavy atom. The van der Waals surface area contributed by atoms with Crippen molar-refractivity contribution >= 4 is 15.7 Å². The van der Waals surface area contributed by atoms with Gasteiger partial charge >= 0.3 is 6.18 Å². The van der Waals surface area contributed by atoms with Gasteiger partial charge in [-0.05, 0) is 43.9 Å². The molecule has 2 saturated carbocycles. The van der Waals surface area contributed by atoms with Crippen LogP contribution in [0.4, 0.5) is 22.0 Å². The Labute approximate surface area is 171 Å². The summed E-state index contributed by atoms with van der Waals surface area (Å²) in [7, 11) is -3.90. The lowest BCUT2D eigenvalue weighted by Crippen LogP contribution is -2.51. The molecule has 1 amide bonds. The Morgan fingerprint density at radius 1 is 1.10 bits per heavy atom. The fourth-order valence-electron chi connectivity index (χ4n) is 3.73. The summed E-state index contributed by atoms with van der Waals surface area (Å²) >= 11 is 0.